The van der Waals surface area contributed by atoms with Crippen molar-refractivity contribution in [3.63, 3.8) is 0 Å². The number of nitrogens with one attached hydrogen (secondary N) is 1. The third-order valence-electron chi connectivity index (χ3n) is 3.64. The smallest absolute Gasteiger partial charge is 0.255 e. The third-order valence-corrected chi connectivity index (χ3v) is 3.64. The minimum atomic E-state index is -0.982. The van der Waals surface area contributed by atoms with Gasteiger partial charge >= 0.3 is 0 Å². The minimum absolute atomic E-state index is 0.00102. The molecule has 7 heteroatoms. The summed E-state index contributed by atoms with van der Waals surface area (Å²) in [7, 11) is 1.47. The molecule has 0 aliphatic rings. The highest BCUT2D eigenvalue weighted by Gasteiger charge is 2.16. The standard InChI is InChI=1S/C20H15F2NO4/c1-26-16-4-2-3-12(9-16)20(25)23-13-10-17(21)19(18(22)11-13)27-15-7-5-14(24)6-8-15/h2-11,24H,1H3,(H,23,25). The molecule has 0 aliphatic heterocycles. The lowest BCUT2D eigenvalue weighted by molar-refractivity contribution is 0.102. The van der Waals surface area contributed by atoms with Gasteiger partial charge in [-0.25, -0.2) is 8.78 Å². The number of carbonyl (C=O) groups is 1. The van der Waals surface area contributed by atoms with Gasteiger partial charge in [-0.2, -0.15) is 0 Å². The lowest BCUT2D eigenvalue weighted by Gasteiger charge is -2.11. The molecule has 0 heterocycles. The van der Waals surface area contributed by atoms with Gasteiger partial charge < -0.3 is 19.9 Å². The lowest BCUT2D eigenvalue weighted by Crippen LogP contribution is -2.12. The molecule has 3 aromatic carbocycles. The molecule has 2 N–H and O–H groups in total. The first-order valence-electron chi connectivity index (χ1n) is 7.87. The SMILES string of the molecule is COc1cccc(C(=O)Nc2cc(F)c(Oc3ccc(O)cc3)c(F)c2)c1. The molecule has 0 saturated carbocycles. The van der Waals surface area contributed by atoms with Crippen LogP contribution >= 0.6 is 0 Å². The number of carbonyl (C=O) groups excluding carboxylic acids is 1. The van der Waals surface area contributed by atoms with Crippen LogP contribution in [-0.4, -0.2) is 18.1 Å². The molecule has 0 spiro atoms. The second-order valence-corrected chi connectivity index (χ2v) is 5.55. The number of hydrogen-bond acceptors (Lipinski definition) is 4. The van der Waals surface area contributed by atoms with Crippen molar-refractivity contribution in [2.45, 2.75) is 0 Å². The third kappa shape index (κ3) is 4.33. The highest BCUT2D eigenvalue weighted by atomic mass is 19.1. The Bertz CT molecular complexity index is 951. The van der Waals surface area contributed by atoms with Crippen LogP contribution in [0.3, 0.4) is 0 Å². The molecule has 1 amide bonds. The van der Waals surface area contributed by atoms with Crippen LogP contribution in [0.4, 0.5) is 14.5 Å². The van der Waals surface area contributed by atoms with E-state index in [4.69, 9.17) is 9.47 Å². The van der Waals surface area contributed by atoms with Crippen LogP contribution in [-0.2, 0) is 0 Å². The monoisotopic (exact) mass is 371 g/mol. The Balaban J connectivity index is 1.79. The molecule has 138 valence electrons. The molecule has 0 radical (unpaired) electrons. The number of benzene rings is 3. The second kappa shape index (κ2) is 7.74. The summed E-state index contributed by atoms with van der Waals surface area (Å²) in [5.74, 6) is -2.48. The summed E-state index contributed by atoms with van der Waals surface area (Å²) in [6, 6.07) is 13.7. The van der Waals surface area contributed by atoms with Crippen LogP contribution in [0.5, 0.6) is 23.0 Å². The zero-order chi connectivity index (χ0) is 19.4. The molecule has 0 aliphatic carbocycles. The van der Waals surface area contributed by atoms with Gasteiger partial charge in [0.05, 0.1) is 7.11 Å². The van der Waals surface area contributed by atoms with Crippen molar-refractivity contribution in [1.82, 2.24) is 0 Å². The number of hydrogen-bond donors (Lipinski definition) is 2. The highest BCUT2D eigenvalue weighted by molar-refractivity contribution is 6.04. The molecule has 0 saturated heterocycles. The van der Waals surface area contributed by atoms with E-state index in [1.165, 1.54) is 37.4 Å². The van der Waals surface area contributed by atoms with E-state index in [0.29, 0.717) is 5.75 Å². The fraction of sp³-hybridized carbons (Fsp3) is 0.0500. The van der Waals surface area contributed by atoms with E-state index in [0.717, 1.165) is 12.1 Å². The van der Waals surface area contributed by atoms with Gasteiger partial charge in [-0.1, -0.05) is 6.07 Å². The Morgan fingerprint density at radius 2 is 1.63 bits per heavy atom. The van der Waals surface area contributed by atoms with Gasteiger partial charge in [0.1, 0.15) is 17.2 Å². The zero-order valence-corrected chi connectivity index (χ0v) is 14.2. The highest BCUT2D eigenvalue weighted by Crippen LogP contribution is 2.31. The minimum Gasteiger partial charge on any atom is -0.508 e. The predicted octanol–water partition coefficient (Wildman–Crippen LogP) is 4.72. The van der Waals surface area contributed by atoms with Gasteiger partial charge in [-0.3, -0.25) is 4.79 Å². The number of phenolic OH excluding ortho intramolecular Hbond substituents is 1. The largest absolute Gasteiger partial charge is 0.508 e. The van der Waals surface area contributed by atoms with E-state index in [1.807, 2.05) is 0 Å². The number of methoxy groups -OCH3 is 1. The van der Waals surface area contributed by atoms with Gasteiger partial charge in [0.15, 0.2) is 17.4 Å². The summed E-state index contributed by atoms with van der Waals surface area (Å²) in [6.45, 7) is 0. The van der Waals surface area contributed by atoms with Crippen molar-refractivity contribution in [1.29, 1.82) is 0 Å². The molecule has 0 bridgehead atoms. The second-order valence-electron chi connectivity index (χ2n) is 5.55. The van der Waals surface area contributed by atoms with Crippen LogP contribution in [0.1, 0.15) is 10.4 Å². The average molecular weight is 371 g/mol. The molecule has 0 unspecified atom stereocenters. The van der Waals surface area contributed by atoms with Crippen molar-refractivity contribution < 1.29 is 28.2 Å². The number of anilines is 1. The van der Waals surface area contributed by atoms with Crippen molar-refractivity contribution in [2.24, 2.45) is 0 Å². The first kappa shape index (κ1) is 18.2. The Labute approximate surface area is 153 Å². The molecule has 0 fully saturated rings. The lowest BCUT2D eigenvalue weighted by atomic mass is 10.2. The fourth-order valence-corrected chi connectivity index (χ4v) is 2.33. The Hall–Kier alpha value is -3.61. The van der Waals surface area contributed by atoms with Crippen molar-refractivity contribution in [3.05, 3.63) is 77.9 Å². The van der Waals surface area contributed by atoms with Gasteiger partial charge in [0, 0.05) is 23.4 Å². The van der Waals surface area contributed by atoms with E-state index in [-0.39, 0.29) is 22.7 Å². The number of rotatable bonds is 5. The maximum Gasteiger partial charge on any atom is 0.255 e. The fourth-order valence-electron chi connectivity index (χ4n) is 2.33. The van der Waals surface area contributed by atoms with Crippen LogP contribution in [0, 0.1) is 11.6 Å². The molecule has 0 aromatic heterocycles. The molecular weight excluding hydrogens is 356 g/mol. The van der Waals surface area contributed by atoms with E-state index >= 15 is 0 Å². The maximum absolute atomic E-state index is 14.3. The summed E-state index contributed by atoms with van der Waals surface area (Å²) >= 11 is 0. The van der Waals surface area contributed by atoms with Crippen LogP contribution < -0.4 is 14.8 Å². The Morgan fingerprint density at radius 1 is 0.963 bits per heavy atom. The molecular formula is C20H15F2NO4. The van der Waals surface area contributed by atoms with E-state index < -0.39 is 23.3 Å². The molecule has 3 aromatic rings. The first-order chi connectivity index (χ1) is 13.0. The number of ether oxygens (including phenoxy) is 2. The summed E-state index contributed by atoms with van der Waals surface area (Å²) < 4.78 is 38.7. The summed E-state index contributed by atoms with van der Waals surface area (Å²) in [4.78, 5) is 12.2. The quantitative estimate of drug-likeness (QED) is 0.681. The van der Waals surface area contributed by atoms with Gasteiger partial charge in [-0.15, -0.1) is 0 Å². The molecule has 3 rings (SSSR count). The van der Waals surface area contributed by atoms with Crippen LogP contribution in [0.2, 0.25) is 0 Å². The number of amides is 1. The van der Waals surface area contributed by atoms with Gasteiger partial charge in [-0.05, 0) is 42.5 Å². The Morgan fingerprint density at radius 3 is 2.26 bits per heavy atom. The summed E-state index contributed by atoms with van der Waals surface area (Å²) in [6.07, 6.45) is 0. The van der Waals surface area contributed by atoms with E-state index in [2.05, 4.69) is 5.32 Å². The normalized spacial score (nSPS) is 10.3. The van der Waals surface area contributed by atoms with Gasteiger partial charge in [0.2, 0.25) is 0 Å². The van der Waals surface area contributed by atoms with Gasteiger partial charge in [0.25, 0.3) is 5.91 Å². The van der Waals surface area contributed by atoms with E-state index in [9.17, 15) is 18.7 Å². The Kier molecular flexibility index (Phi) is 5.21. The maximum atomic E-state index is 14.3. The van der Waals surface area contributed by atoms with Crippen molar-refractivity contribution in [2.75, 3.05) is 12.4 Å². The average Bonchev–Trinajstić information content (AvgIpc) is 2.66. The molecule has 5 nitrogen and oxygen atoms in total. The number of phenols is 1. The van der Waals surface area contributed by atoms with Crippen molar-refractivity contribution in [3.8, 4) is 23.0 Å². The molecule has 27 heavy (non-hydrogen) atoms. The summed E-state index contributed by atoms with van der Waals surface area (Å²) in [5.41, 5.74) is 0.218. The number of aromatic hydroxyl groups is 1. The topological polar surface area (TPSA) is 67.8 Å². The molecule has 0 atom stereocenters. The van der Waals surface area contributed by atoms with Crippen LogP contribution in [0.25, 0.3) is 0 Å². The predicted molar refractivity (Wildman–Crippen MR) is 95.5 cm³/mol. The zero-order valence-electron chi connectivity index (χ0n) is 14.2. The summed E-state index contributed by atoms with van der Waals surface area (Å²) in [5, 5.41) is 11.7. The van der Waals surface area contributed by atoms with E-state index in [1.54, 1.807) is 18.2 Å². The first-order valence-corrected chi connectivity index (χ1v) is 7.87. The van der Waals surface area contributed by atoms with Crippen molar-refractivity contribution >= 4 is 11.6 Å². The van der Waals surface area contributed by atoms with Crippen LogP contribution in [0.15, 0.2) is 60.7 Å². The number of halogens is 2.